The van der Waals surface area contributed by atoms with Crippen molar-refractivity contribution in [3.8, 4) is 0 Å². The van der Waals surface area contributed by atoms with Crippen LogP contribution in [0, 0.1) is 0 Å². The highest BCUT2D eigenvalue weighted by Gasteiger charge is 2.31. The third-order valence-corrected chi connectivity index (χ3v) is 7.30. The van der Waals surface area contributed by atoms with Gasteiger partial charge in [-0.3, -0.25) is 4.72 Å². The number of nitrogens with zero attached hydrogens (tertiary/aromatic N) is 3. The lowest BCUT2D eigenvalue weighted by atomic mass is 10.1. The molecule has 28 heavy (non-hydrogen) atoms. The summed E-state index contributed by atoms with van der Waals surface area (Å²) in [6, 6.07) is 5.35. The summed E-state index contributed by atoms with van der Waals surface area (Å²) < 4.78 is 35.7. The molecule has 9 nitrogen and oxygen atoms in total. The zero-order valence-electron chi connectivity index (χ0n) is 15.5. The Balaban J connectivity index is 1.48. The van der Waals surface area contributed by atoms with Crippen molar-refractivity contribution in [2.75, 3.05) is 24.4 Å². The van der Waals surface area contributed by atoms with Gasteiger partial charge in [0.05, 0.1) is 17.0 Å². The van der Waals surface area contributed by atoms with E-state index in [-0.39, 0.29) is 19.3 Å². The Hall–Kier alpha value is -2.33. The van der Waals surface area contributed by atoms with Crippen LogP contribution in [0.4, 0.5) is 10.5 Å². The largest absolute Gasteiger partial charge is 0.465 e. The van der Waals surface area contributed by atoms with Crippen molar-refractivity contribution in [2.24, 2.45) is 0 Å². The number of aromatic nitrogens is 2. The summed E-state index contributed by atoms with van der Waals surface area (Å²) in [6.45, 7) is 1.19. The van der Waals surface area contributed by atoms with Crippen LogP contribution in [0.5, 0.6) is 0 Å². The number of rotatable bonds is 4. The Labute approximate surface area is 163 Å². The van der Waals surface area contributed by atoms with Gasteiger partial charge in [0, 0.05) is 30.8 Å². The quantitative estimate of drug-likeness (QED) is 0.804. The van der Waals surface area contributed by atoms with Crippen molar-refractivity contribution in [3.05, 3.63) is 24.4 Å². The first kappa shape index (κ1) is 19.0. The van der Waals surface area contributed by atoms with Gasteiger partial charge in [0.15, 0.2) is 6.23 Å². The number of ether oxygens (including phenoxy) is 1. The van der Waals surface area contributed by atoms with Gasteiger partial charge >= 0.3 is 6.09 Å². The monoisotopic (exact) mass is 408 g/mol. The fourth-order valence-corrected chi connectivity index (χ4v) is 5.32. The predicted molar refractivity (Wildman–Crippen MR) is 104 cm³/mol. The molecular formula is C18H24N4O5S. The summed E-state index contributed by atoms with van der Waals surface area (Å²) in [5.41, 5.74) is 1.39. The van der Waals surface area contributed by atoms with Crippen molar-refractivity contribution >= 4 is 32.7 Å². The van der Waals surface area contributed by atoms with Gasteiger partial charge in [0.1, 0.15) is 0 Å². The van der Waals surface area contributed by atoms with Crippen molar-refractivity contribution in [1.82, 2.24) is 14.7 Å². The molecule has 0 spiro atoms. The van der Waals surface area contributed by atoms with Gasteiger partial charge in [-0.1, -0.05) is 0 Å². The summed E-state index contributed by atoms with van der Waals surface area (Å²) in [6.07, 6.45) is 4.30. The molecule has 2 saturated heterocycles. The molecule has 1 amide bonds. The number of hydrogen-bond donors (Lipinski definition) is 2. The van der Waals surface area contributed by atoms with E-state index in [4.69, 9.17) is 9.84 Å². The molecule has 10 heteroatoms. The average Bonchev–Trinajstić information content (AvgIpc) is 3.11. The van der Waals surface area contributed by atoms with Crippen LogP contribution < -0.4 is 4.72 Å². The molecule has 1 aromatic carbocycles. The minimum absolute atomic E-state index is 0.0757. The second-order valence-electron chi connectivity index (χ2n) is 7.30. The Bertz CT molecular complexity index is 960. The maximum Gasteiger partial charge on any atom is 0.407 e. The molecule has 2 fully saturated rings. The highest BCUT2D eigenvalue weighted by Crippen LogP contribution is 2.28. The number of fused-ring (bicyclic) bond motifs is 1. The molecule has 2 aromatic rings. The average molecular weight is 408 g/mol. The highest BCUT2D eigenvalue weighted by molar-refractivity contribution is 7.93. The molecule has 152 valence electrons. The van der Waals surface area contributed by atoms with Crippen LogP contribution in [0.15, 0.2) is 24.4 Å². The second-order valence-corrected chi connectivity index (χ2v) is 9.26. The molecule has 1 unspecified atom stereocenters. The lowest BCUT2D eigenvalue weighted by Crippen LogP contribution is -2.43. The fourth-order valence-electron chi connectivity index (χ4n) is 3.87. The van der Waals surface area contributed by atoms with Crippen molar-refractivity contribution in [2.45, 2.75) is 43.6 Å². The molecule has 1 aromatic heterocycles. The summed E-state index contributed by atoms with van der Waals surface area (Å²) in [4.78, 5) is 12.2. The van der Waals surface area contributed by atoms with Gasteiger partial charge < -0.3 is 14.7 Å². The number of nitrogens with one attached hydrogen (secondary N) is 1. The molecule has 0 radical (unpaired) electrons. The van der Waals surface area contributed by atoms with Crippen molar-refractivity contribution < 1.29 is 23.1 Å². The van der Waals surface area contributed by atoms with Crippen LogP contribution in [0.25, 0.3) is 10.9 Å². The van der Waals surface area contributed by atoms with E-state index in [1.807, 2.05) is 10.7 Å². The summed E-state index contributed by atoms with van der Waals surface area (Å²) in [5.74, 6) is 0. The van der Waals surface area contributed by atoms with E-state index in [2.05, 4.69) is 9.82 Å². The minimum atomic E-state index is -3.59. The van der Waals surface area contributed by atoms with Crippen LogP contribution in [-0.2, 0) is 14.8 Å². The third-order valence-electron chi connectivity index (χ3n) is 5.44. The van der Waals surface area contributed by atoms with Gasteiger partial charge in [-0.2, -0.15) is 5.10 Å². The Morgan fingerprint density at radius 2 is 2.00 bits per heavy atom. The number of hydrogen-bond acceptors (Lipinski definition) is 5. The van der Waals surface area contributed by atoms with Gasteiger partial charge in [-0.15, -0.1) is 0 Å². The number of amides is 1. The van der Waals surface area contributed by atoms with Crippen LogP contribution in [0.2, 0.25) is 0 Å². The SMILES string of the molecule is O=C(O)N1CCC(S(=O)(=O)Nc2ccc3c(cnn3C3CCCCO3)c2)CC1. The van der Waals surface area contributed by atoms with E-state index in [9.17, 15) is 13.2 Å². The zero-order chi connectivity index (χ0) is 19.7. The van der Waals surface area contributed by atoms with E-state index >= 15 is 0 Å². The molecule has 2 aliphatic heterocycles. The molecule has 4 rings (SSSR count). The number of carbonyl (C=O) groups is 1. The Morgan fingerprint density at radius 1 is 1.21 bits per heavy atom. The first-order chi connectivity index (χ1) is 13.4. The van der Waals surface area contributed by atoms with E-state index < -0.39 is 21.4 Å². The van der Waals surface area contributed by atoms with Crippen molar-refractivity contribution in [3.63, 3.8) is 0 Å². The predicted octanol–water partition coefficient (Wildman–Crippen LogP) is 2.62. The lowest BCUT2D eigenvalue weighted by molar-refractivity contribution is -0.0366. The minimum Gasteiger partial charge on any atom is -0.465 e. The highest BCUT2D eigenvalue weighted by atomic mass is 32.2. The number of anilines is 1. The van der Waals surface area contributed by atoms with Crippen molar-refractivity contribution in [1.29, 1.82) is 0 Å². The van der Waals surface area contributed by atoms with Gasteiger partial charge in [-0.25, -0.2) is 17.9 Å². The lowest BCUT2D eigenvalue weighted by Gasteiger charge is -2.29. The molecule has 3 heterocycles. The molecule has 2 N–H and O–H groups in total. The summed E-state index contributed by atoms with van der Waals surface area (Å²) in [7, 11) is -3.59. The molecule has 2 aliphatic rings. The van der Waals surface area contributed by atoms with E-state index in [1.165, 1.54) is 4.90 Å². The maximum absolute atomic E-state index is 12.7. The summed E-state index contributed by atoms with van der Waals surface area (Å²) >= 11 is 0. The molecule has 0 bridgehead atoms. The first-order valence-corrected chi connectivity index (χ1v) is 11.1. The fraction of sp³-hybridized carbons (Fsp3) is 0.556. The zero-order valence-corrected chi connectivity index (χ0v) is 16.3. The van der Waals surface area contributed by atoms with Gasteiger partial charge in [0.25, 0.3) is 0 Å². The van der Waals surface area contributed by atoms with Crippen LogP contribution >= 0.6 is 0 Å². The number of sulfonamides is 1. The maximum atomic E-state index is 12.7. The Morgan fingerprint density at radius 3 is 2.68 bits per heavy atom. The smallest absolute Gasteiger partial charge is 0.407 e. The van der Waals surface area contributed by atoms with Gasteiger partial charge in [-0.05, 0) is 50.3 Å². The number of likely N-dealkylation sites (tertiary alicyclic amines) is 1. The van der Waals surface area contributed by atoms with E-state index in [0.717, 1.165) is 36.8 Å². The number of piperidine rings is 1. The third kappa shape index (κ3) is 3.79. The first-order valence-electron chi connectivity index (χ1n) is 9.52. The molecule has 0 saturated carbocycles. The Kier molecular flexibility index (Phi) is 5.15. The number of benzene rings is 1. The topological polar surface area (TPSA) is 114 Å². The van der Waals surface area contributed by atoms with Crippen LogP contribution in [0.1, 0.15) is 38.3 Å². The molecule has 0 aliphatic carbocycles. The molecular weight excluding hydrogens is 384 g/mol. The normalized spacial score (nSPS) is 21.7. The second kappa shape index (κ2) is 7.59. The molecule has 1 atom stereocenters. The summed E-state index contributed by atoms with van der Waals surface area (Å²) in [5, 5.41) is 13.7. The number of carboxylic acid groups (broad SMARTS) is 1. The van der Waals surface area contributed by atoms with Gasteiger partial charge in [0.2, 0.25) is 10.0 Å². The van der Waals surface area contributed by atoms with Crippen LogP contribution in [-0.4, -0.2) is 59.2 Å². The van der Waals surface area contributed by atoms with E-state index in [0.29, 0.717) is 18.5 Å². The van der Waals surface area contributed by atoms with E-state index in [1.54, 1.807) is 18.3 Å². The standard InChI is InChI=1S/C18H24N4O5S/c23-18(24)21-8-6-15(7-9-21)28(25,26)20-14-4-5-16-13(11-14)12-19-22(16)17-3-1-2-10-27-17/h4-5,11-12,15,17,20H,1-3,6-10H2,(H,23,24). The van der Waals surface area contributed by atoms with Crippen LogP contribution in [0.3, 0.4) is 0 Å².